The number of benzene rings is 1. The van der Waals surface area contributed by atoms with Crippen molar-refractivity contribution in [3.05, 3.63) is 29.8 Å². The Bertz CT molecular complexity index is 803. The molecule has 2 unspecified atom stereocenters. The minimum atomic E-state index is -0.744. The van der Waals surface area contributed by atoms with Gasteiger partial charge in [0.25, 0.3) is 5.91 Å². The normalized spacial score (nSPS) is 31.9. The monoisotopic (exact) mass is 401 g/mol. The predicted molar refractivity (Wildman–Crippen MR) is 104 cm³/mol. The van der Waals surface area contributed by atoms with Crippen LogP contribution in [0.25, 0.3) is 0 Å². The van der Waals surface area contributed by atoms with Crippen LogP contribution in [0.2, 0.25) is 0 Å². The van der Waals surface area contributed by atoms with E-state index < -0.39 is 22.9 Å². The minimum Gasteiger partial charge on any atom is -0.462 e. The molecular weight excluding hydrogens is 374 g/mol. The fourth-order valence-electron chi connectivity index (χ4n) is 5.84. The second-order valence-corrected chi connectivity index (χ2v) is 8.89. The fourth-order valence-corrected chi connectivity index (χ4v) is 5.84. The van der Waals surface area contributed by atoms with Gasteiger partial charge in [-0.2, -0.15) is 0 Å². The standard InChI is InChI=1S/C22H27NO6/c1-2-28-19(25)16-3-5-17(6-4-16)23-18(24)12-29-20(26)21-8-14-7-15(9-21)11-22(27,10-14)13-21/h3-6,14-15,27H,2,7-13H2,1H3,(H,23,24)/t14-,15+,21?,22?. The number of rotatable bonds is 6. The molecule has 0 heterocycles. The van der Waals surface area contributed by atoms with Crippen molar-refractivity contribution < 1.29 is 29.0 Å². The molecule has 4 atom stereocenters. The van der Waals surface area contributed by atoms with E-state index in [4.69, 9.17) is 9.47 Å². The quantitative estimate of drug-likeness (QED) is 0.711. The second kappa shape index (κ2) is 7.44. The lowest BCUT2D eigenvalue weighted by Crippen LogP contribution is -2.58. The highest BCUT2D eigenvalue weighted by Crippen LogP contribution is 2.61. The molecule has 4 aliphatic rings. The summed E-state index contributed by atoms with van der Waals surface area (Å²) < 4.78 is 10.3. The molecule has 0 saturated heterocycles. The van der Waals surface area contributed by atoms with E-state index in [-0.39, 0.29) is 12.6 Å². The number of amides is 1. The first-order chi connectivity index (χ1) is 13.8. The summed E-state index contributed by atoms with van der Waals surface area (Å²) in [4.78, 5) is 36.7. The second-order valence-electron chi connectivity index (χ2n) is 8.89. The van der Waals surface area contributed by atoms with Crippen LogP contribution >= 0.6 is 0 Å². The average molecular weight is 401 g/mol. The van der Waals surface area contributed by atoms with Crippen LogP contribution in [0, 0.1) is 17.3 Å². The molecule has 0 radical (unpaired) electrons. The van der Waals surface area contributed by atoms with E-state index in [1.54, 1.807) is 31.2 Å². The SMILES string of the molecule is CCOC(=O)c1ccc(NC(=O)COC(=O)C23C[C@@H]4C[C@@H](CC(O)(C4)C2)C3)cc1. The van der Waals surface area contributed by atoms with E-state index in [0.717, 1.165) is 32.1 Å². The third-order valence-electron chi connectivity index (χ3n) is 6.48. The maximum absolute atomic E-state index is 12.8. The molecule has 2 N–H and O–H groups in total. The van der Waals surface area contributed by atoms with Crippen LogP contribution in [-0.4, -0.2) is 41.8 Å². The van der Waals surface area contributed by atoms with E-state index >= 15 is 0 Å². The number of esters is 2. The molecule has 1 amide bonds. The molecule has 5 rings (SSSR count). The molecule has 0 aliphatic heterocycles. The van der Waals surface area contributed by atoms with Gasteiger partial charge in [-0.05, 0) is 81.5 Å². The van der Waals surface area contributed by atoms with Crippen LogP contribution in [0.1, 0.15) is 55.8 Å². The van der Waals surface area contributed by atoms with Crippen LogP contribution in [-0.2, 0) is 19.1 Å². The number of anilines is 1. The number of carbonyl (C=O) groups excluding carboxylic acids is 3. The van der Waals surface area contributed by atoms with Crippen LogP contribution in [0.4, 0.5) is 5.69 Å². The first-order valence-electron chi connectivity index (χ1n) is 10.3. The van der Waals surface area contributed by atoms with Gasteiger partial charge in [-0.15, -0.1) is 0 Å². The lowest BCUT2D eigenvalue weighted by molar-refractivity contribution is -0.196. The van der Waals surface area contributed by atoms with Crippen molar-refractivity contribution in [1.82, 2.24) is 0 Å². The molecular formula is C22H27NO6. The molecule has 7 heteroatoms. The lowest BCUT2D eigenvalue weighted by atomic mass is 9.48. The molecule has 4 fully saturated rings. The molecule has 0 spiro atoms. The third-order valence-corrected chi connectivity index (χ3v) is 6.48. The minimum absolute atomic E-state index is 0.295. The van der Waals surface area contributed by atoms with Gasteiger partial charge >= 0.3 is 11.9 Å². The summed E-state index contributed by atoms with van der Waals surface area (Å²) in [6.07, 6.45) is 4.59. The summed E-state index contributed by atoms with van der Waals surface area (Å²) in [5, 5.41) is 13.4. The Hall–Kier alpha value is -2.41. The van der Waals surface area contributed by atoms with Gasteiger partial charge in [0.15, 0.2) is 6.61 Å². The number of hydrogen-bond donors (Lipinski definition) is 2. The summed E-state index contributed by atoms with van der Waals surface area (Å²) in [5.74, 6) is -0.471. The number of ether oxygens (including phenoxy) is 2. The van der Waals surface area contributed by atoms with Crippen LogP contribution in [0.5, 0.6) is 0 Å². The predicted octanol–water partition coefficient (Wildman–Crippen LogP) is 2.68. The van der Waals surface area contributed by atoms with Gasteiger partial charge in [-0.1, -0.05) is 0 Å². The first kappa shape index (κ1) is 19.9. The fraction of sp³-hybridized carbons (Fsp3) is 0.591. The molecule has 7 nitrogen and oxygen atoms in total. The lowest BCUT2D eigenvalue weighted by Gasteiger charge is -2.58. The summed E-state index contributed by atoms with van der Waals surface area (Å²) >= 11 is 0. The van der Waals surface area contributed by atoms with E-state index in [9.17, 15) is 19.5 Å². The summed E-state index contributed by atoms with van der Waals surface area (Å²) in [7, 11) is 0. The molecule has 1 aromatic rings. The van der Waals surface area contributed by atoms with Crippen LogP contribution in [0.3, 0.4) is 0 Å². The third kappa shape index (κ3) is 4.01. The first-order valence-corrected chi connectivity index (χ1v) is 10.3. The highest BCUT2D eigenvalue weighted by molar-refractivity contribution is 5.94. The van der Waals surface area contributed by atoms with Crippen LogP contribution < -0.4 is 5.32 Å². The molecule has 4 aliphatic carbocycles. The van der Waals surface area contributed by atoms with Gasteiger partial charge in [0.2, 0.25) is 0 Å². The van der Waals surface area contributed by atoms with Crippen molar-refractivity contribution >= 4 is 23.5 Å². The van der Waals surface area contributed by atoms with Crippen molar-refractivity contribution in [2.45, 2.75) is 51.0 Å². The van der Waals surface area contributed by atoms with Gasteiger partial charge in [0.05, 0.1) is 23.2 Å². The van der Waals surface area contributed by atoms with Crippen molar-refractivity contribution in [1.29, 1.82) is 0 Å². The van der Waals surface area contributed by atoms with Gasteiger partial charge in [0, 0.05) is 5.69 Å². The van der Waals surface area contributed by atoms with Gasteiger partial charge < -0.3 is 19.9 Å². The number of hydrogen-bond acceptors (Lipinski definition) is 6. The molecule has 29 heavy (non-hydrogen) atoms. The molecule has 156 valence electrons. The maximum atomic E-state index is 12.8. The molecule has 1 aromatic carbocycles. The Morgan fingerprint density at radius 1 is 1.07 bits per heavy atom. The largest absolute Gasteiger partial charge is 0.462 e. The van der Waals surface area contributed by atoms with Crippen LogP contribution in [0.15, 0.2) is 24.3 Å². The van der Waals surface area contributed by atoms with Crippen molar-refractivity contribution in [3.8, 4) is 0 Å². The number of nitrogens with one attached hydrogen (secondary N) is 1. The Morgan fingerprint density at radius 2 is 1.72 bits per heavy atom. The van der Waals surface area contributed by atoms with Gasteiger partial charge in [-0.3, -0.25) is 9.59 Å². The highest BCUT2D eigenvalue weighted by atomic mass is 16.5. The number of carbonyl (C=O) groups is 3. The highest BCUT2D eigenvalue weighted by Gasteiger charge is 2.60. The molecule has 0 aromatic heterocycles. The smallest absolute Gasteiger partial charge is 0.338 e. The van der Waals surface area contributed by atoms with Gasteiger partial charge in [0.1, 0.15) is 0 Å². The van der Waals surface area contributed by atoms with E-state index in [2.05, 4.69) is 5.32 Å². The Balaban J connectivity index is 1.31. The Labute approximate surface area is 169 Å². The Kier molecular flexibility index (Phi) is 5.11. The van der Waals surface area contributed by atoms with Crippen molar-refractivity contribution in [2.24, 2.45) is 17.3 Å². The summed E-state index contributed by atoms with van der Waals surface area (Å²) in [6, 6.07) is 6.33. The number of aliphatic hydroxyl groups is 1. The topological polar surface area (TPSA) is 102 Å². The molecule has 4 saturated carbocycles. The maximum Gasteiger partial charge on any atom is 0.338 e. The summed E-state index contributed by atoms with van der Waals surface area (Å²) in [6.45, 7) is 1.66. The zero-order valence-electron chi connectivity index (χ0n) is 16.6. The Morgan fingerprint density at radius 3 is 2.31 bits per heavy atom. The van der Waals surface area contributed by atoms with Gasteiger partial charge in [-0.25, -0.2) is 4.79 Å². The van der Waals surface area contributed by atoms with Crippen molar-refractivity contribution in [2.75, 3.05) is 18.5 Å². The molecule has 4 bridgehead atoms. The zero-order valence-corrected chi connectivity index (χ0v) is 16.6. The van der Waals surface area contributed by atoms with E-state index in [0.29, 0.717) is 36.1 Å². The zero-order chi connectivity index (χ0) is 20.6. The van der Waals surface area contributed by atoms with E-state index in [1.165, 1.54) is 0 Å². The van der Waals surface area contributed by atoms with E-state index in [1.807, 2.05) is 0 Å². The summed E-state index contributed by atoms with van der Waals surface area (Å²) in [5.41, 5.74) is -0.480. The van der Waals surface area contributed by atoms with Crippen molar-refractivity contribution in [3.63, 3.8) is 0 Å². The average Bonchev–Trinajstić information content (AvgIpc) is 2.65.